The first-order valence-electron chi connectivity index (χ1n) is 5.62. The summed E-state index contributed by atoms with van der Waals surface area (Å²) in [5.41, 5.74) is 3.06. The average molecular weight is 233 g/mol. The number of carbonyl (C=O) groups excluding carboxylic acids is 1. The zero-order valence-electron chi connectivity index (χ0n) is 9.93. The number of benzene rings is 1. The number of amides is 1. The maximum Gasteiger partial charge on any atom is 0.316 e. The van der Waals surface area contributed by atoms with Crippen LogP contribution in [0.3, 0.4) is 0 Å². The lowest BCUT2D eigenvalue weighted by molar-refractivity contribution is -0.144. The monoisotopic (exact) mass is 233 g/mol. The van der Waals surface area contributed by atoms with E-state index in [1.807, 2.05) is 32.0 Å². The fraction of sp³-hybridized carbons (Fsp3) is 0.385. The summed E-state index contributed by atoms with van der Waals surface area (Å²) in [6.45, 7) is 4.47. The summed E-state index contributed by atoms with van der Waals surface area (Å²) in [6.07, 6.45) is 0.390. The molecule has 4 heteroatoms. The van der Waals surface area contributed by atoms with Crippen LogP contribution in [-0.2, 0) is 9.59 Å². The van der Waals surface area contributed by atoms with Crippen molar-refractivity contribution in [2.75, 3.05) is 11.4 Å². The lowest BCUT2D eigenvalue weighted by Gasteiger charge is -2.17. The number of hydrogen-bond donors (Lipinski definition) is 1. The molecule has 0 radical (unpaired) electrons. The Morgan fingerprint density at radius 2 is 2.06 bits per heavy atom. The van der Waals surface area contributed by atoms with Gasteiger partial charge in [-0.15, -0.1) is 0 Å². The van der Waals surface area contributed by atoms with E-state index in [-0.39, 0.29) is 5.91 Å². The van der Waals surface area contributed by atoms with Gasteiger partial charge in [-0.2, -0.15) is 0 Å². The van der Waals surface area contributed by atoms with Gasteiger partial charge in [0.2, 0.25) is 5.91 Å². The molecule has 0 bridgehead atoms. The molecule has 0 aliphatic carbocycles. The molecule has 1 aliphatic heterocycles. The standard InChI is InChI=1S/C13H15NO3/c1-8-3-4-10(7-9(8)2)14-6-5-11(12(14)15)13(16)17/h3-4,7,11H,5-6H2,1-2H3,(H,16,17)/t11-/m1/s1. The third-order valence-corrected chi connectivity index (χ3v) is 3.31. The quantitative estimate of drug-likeness (QED) is 0.791. The van der Waals surface area contributed by atoms with Crippen LogP contribution in [0, 0.1) is 19.8 Å². The molecule has 90 valence electrons. The van der Waals surface area contributed by atoms with Crippen molar-refractivity contribution in [3.63, 3.8) is 0 Å². The van der Waals surface area contributed by atoms with Crippen molar-refractivity contribution in [1.82, 2.24) is 0 Å². The predicted octanol–water partition coefficient (Wildman–Crippen LogP) is 1.74. The van der Waals surface area contributed by atoms with Crippen LogP contribution in [-0.4, -0.2) is 23.5 Å². The molecule has 1 aliphatic rings. The highest BCUT2D eigenvalue weighted by molar-refractivity contribution is 6.07. The van der Waals surface area contributed by atoms with Gasteiger partial charge in [0.25, 0.3) is 0 Å². The summed E-state index contributed by atoms with van der Waals surface area (Å²) in [5, 5.41) is 8.90. The van der Waals surface area contributed by atoms with E-state index in [9.17, 15) is 9.59 Å². The number of aryl methyl sites for hydroxylation is 2. The Morgan fingerprint density at radius 1 is 1.35 bits per heavy atom. The van der Waals surface area contributed by atoms with Crippen LogP contribution in [0.5, 0.6) is 0 Å². The molecule has 2 rings (SSSR count). The van der Waals surface area contributed by atoms with Gasteiger partial charge in [-0.1, -0.05) is 6.07 Å². The van der Waals surface area contributed by atoms with Crippen LogP contribution < -0.4 is 4.90 Å². The largest absolute Gasteiger partial charge is 0.481 e. The SMILES string of the molecule is Cc1ccc(N2CC[C@@H](C(=O)O)C2=O)cc1C. The zero-order chi connectivity index (χ0) is 12.6. The molecule has 1 saturated heterocycles. The second-order valence-electron chi connectivity index (χ2n) is 4.44. The second-order valence-corrected chi connectivity index (χ2v) is 4.44. The number of aliphatic carboxylic acids is 1. The predicted molar refractivity (Wildman–Crippen MR) is 64.0 cm³/mol. The smallest absolute Gasteiger partial charge is 0.316 e. The van der Waals surface area contributed by atoms with E-state index in [2.05, 4.69) is 0 Å². The van der Waals surface area contributed by atoms with Gasteiger partial charge in [0.15, 0.2) is 0 Å². The molecule has 0 aromatic heterocycles. The summed E-state index contributed by atoms with van der Waals surface area (Å²) in [4.78, 5) is 24.3. The molecular formula is C13H15NO3. The average Bonchev–Trinajstić information content (AvgIpc) is 2.64. The molecule has 0 spiro atoms. The number of anilines is 1. The van der Waals surface area contributed by atoms with Gasteiger partial charge in [-0.05, 0) is 43.5 Å². The Labute approximate surface area is 99.9 Å². The minimum atomic E-state index is -1.03. The molecule has 1 amide bonds. The van der Waals surface area contributed by atoms with Gasteiger partial charge in [0, 0.05) is 12.2 Å². The highest BCUT2D eigenvalue weighted by Crippen LogP contribution is 2.26. The number of carboxylic acid groups (broad SMARTS) is 1. The molecule has 1 N–H and O–H groups in total. The molecular weight excluding hydrogens is 218 g/mol. The van der Waals surface area contributed by atoms with Crippen LogP contribution in [0.2, 0.25) is 0 Å². The molecule has 1 aromatic rings. The second kappa shape index (κ2) is 4.20. The summed E-state index contributed by atoms with van der Waals surface area (Å²) < 4.78 is 0. The molecule has 1 fully saturated rings. The molecule has 4 nitrogen and oxygen atoms in total. The van der Waals surface area contributed by atoms with Crippen molar-refractivity contribution in [2.24, 2.45) is 5.92 Å². The van der Waals surface area contributed by atoms with Crippen molar-refractivity contribution in [1.29, 1.82) is 0 Å². The first-order chi connectivity index (χ1) is 8.00. The van der Waals surface area contributed by atoms with E-state index < -0.39 is 11.9 Å². The maximum atomic E-state index is 11.9. The van der Waals surface area contributed by atoms with Crippen LogP contribution >= 0.6 is 0 Å². The van der Waals surface area contributed by atoms with Crippen molar-refractivity contribution in [3.8, 4) is 0 Å². The first-order valence-corrected chi connectivity index (χ1v) is 5.62. The van der Waals surface area contributed by atoms with E-state index in [4.69, 9.17) is 5.11 Å². The minimum Gasteiger partial charge on any atom is -0.481 e. The van der Waals surface area contributed by atoms with E-state index in [1.165, 1.54) is 0 Å². The van der Waals surface area contributed by atoms with Crippen molar-refractivity contribution >= 4 is 17.6 Å². The van der Waals surface area contributed by atoms with Crippen molar-refractivity contribution < 1.29 is 14.7 Å². The molecule has 17 heavy (non-hydrogen) atoms. The molecule has 0 saturated carbocycles. The lowest BCUT2D eigenvalue weighted by Crippen LogP contribution is -2.30. The van der Waals surface area contributed by atoms with Crippen molar-refractivity contribution in [2.45, 2.75) is 20.3 Å². The number of hydrogen-bond acceptors (Lipinski definition) is 2. The Balaban J connectivity index is 2.27. The van der Waals surface area contributed by atoms with Crippen LogP contribution in [0.25, 0.3) is 0 Å². The molecule has 1 atom stereocenters. The van der Waals surface area contributed by atoms with E-state index in [1.54, 1.807) is 4.90 Å². The fourth-order valence-corrected chi connectivity index (χ4v) is 2.06. The van der Waals surface area contributed by atoms with Crippen LogP contribution in [0.15, 0.2) is 18.2 Å². The summed E-state index contributed by atoms with van der Waals surface area (Å²) >= 11 is 0. The van der Waals surface area contributed by atoms with Crippen LogP contribution in [0.4, 0.5) is 5.69 Å². The molecule has 0 unspecified atom stereocenters. The van der Waals surface area contributed by atoms with Crippen LogP contribution in [0.1, 0.15) is 17.5 Å². The molecule has 1 aromatic carbocycles. The number of nitrogens with zero attached hydrogens (tertiary/aromatic N) is 1. The zero-order valence-corrected chi connectivity index (χ0v) is 9.93. The van der Waals surface area contributed by atoms with Gasteiger partial charge in [-0.3, -0.25) is 9.59 Å². The van der Waals surface area contributed by atoms with Gasteiger partial charge in [-0.25, -0.2) is 0 Å². The van der Waals surface area contributed by atoms with Gasteiger partial charge < -0.3 is 10.0 Å². The third-order valence-electron chi connectivity index (χ3n) is 3.31. The number of carboxylic acids is 1. The van der Waals surface area contributed by atoms with Gasteiger partial charge >= 0.3 is 5.97 Å². The van der Waals surface area contributed by atoms with Crippen molar-refractivity contribution in [3.05, 3.63) is 29.3 Å². The van der Waals surface area contributed by atoms with Gasteiger partial charge in [0.05, 0.1) is 0 Å². The summed E-state index contributed by atoms with van der Waals surface area (Å²) in [6, 6.07) is 5.74. The van der Waals surface area contributed by atoms with E-state index in [0.717, 1.165) is 16.8 Å². The Hall–Kier alpha value is -1.84. The maximum absolute atomic E-state index is 11.9. The van der Waals surface area contributed by atoms with E-state index in [0.29, 0.717) is 13.0 Å². The van der Waals surface area contributed by atoms with E-state index >= 15 is 0 Å². The van der Waals surface area contributed by atoms with Gasteiger partial charge in [0.1, 0.15) is 5.92 Å². The Morgan fingerprint density at radius 3 is 2.59 bits per heavy atom. The first kappa shape index (κ1) is 11.6. The highest BCUT2D eigenvalue weighted by atomic mass is 16.4. The topological polar surface area (TPSA) is 57.6 Å². The fourth-order valence-electron chi connectivity index (χ4n) is 2.06. The normalized spacial score (nSPS) is 19.8. The number of carbonyl (C=O) groups is 2. The lowest BCUT2D eigenvalue weighted by atomic mass is 10.1. The Bertz CT molecular complexity index is 482. The minimum absolute atomic E-state index is 0.305. The Kier molecular flexibility index (Phi) is 2.88. The summed E-state index contributed by atoms with van der Waals surface area (Å²) in [7, 11) is 0. The highest BCUT2D eigenvalue weighted by Gasteiger charge is 2.37. The third kappa shape index (κ3) is 2.02. The number of rotatable bonds is 2. The summed E-state index contributed by atoms with van der Waals surface area (Å²) in [5.74, 6) is -2.21. The molecule has 1 heterocycles.